The maximum Gasteiger partial charge on any atom is 0.405 e. The molecule has 1 atom stereocenters. The van der Waals surface area contributed by atoms with E-state index in [9.17, 15) is 18.0 Å². The van der Waals surface area contributed by atoms with Crippen molar-refractivity contribution in [3.63, 3.8) is 0 Å². The summed E-state index contributed by atoms with van der Waals surface area (Å²) in [6.07, 6.45) is 0.448. The predicted octanol–water partition coefficient (Wildman–Crippen LogP) is 1.60. The molecule has 1 fully saturated rings. The average Bonchev–Trinajstić information content (AvgIpc) is 2.83. The fraction of sp³-hybridized carbons (Fsp3) is 0.917. The van der Waals surface area contributed by atoms with E-state index < -0.39 is 24.7 Å². The van der Waals surface area contributed by atoms with Crippen molar-refractivity contribution in [2.24, 2.45) is 0 Å². The first kappa shape index (κ1) is 16.2. The number of hydrogen-bond acceptors (Lipinski definition) is 3. The van der Waals surface area contributed by atoms with Crippen molar-refractivity contribution in [3.05, 3.63) is 0 Å². The van der Waals surface area contributed by atoms with Crippen molar-refractivity contribution in [1.29, 1.82) is 0 Å². The Balaban J connectivity index is 2.05. The van der Waals surface area contributed by atoms with Crippen LogP contribution >= 0.6 is 0 Å². The van der Waals surface area contributed by atoms with Crippen LogP contribution in [0.25, 0.3) is 0 Å². The number of carbonyl (C=O) groups is 1. The zero-order valence-corrected chi connectivity index (χ0v) is 11.1. The maximum absolute atomic E-state index is 11.9. The van der Waals surface area contributed by atoms with Crippen LogP contribution in [0.4, 0.5) is 13.2 Å². The summed E-state index contributed by atoms with van der Waals surface area (Å²) < 4.78 is 41.3. The SMILES string of the molecule is CC(NCCOC1CCCC1)C(=O)NCC(F)(F)F. The Bertz CT molecular complexity index is 279. The zero-order valence-electron chi connectivity index (χ0n) is 11.1. The summed E-state index contributed by atoms with van der Waals surface area (Å²) in [6.45, 7) is 1.16. The molecule has 0 bridgehead atoms. The van der Waals surface area contributed by atoms with Gasteiger partial charge in [0.1, 0.15) is 6.54 Å². The van der Waals surface area contributed by atoms with E-state index in [1.165, 1.54) is 19.8 Å². The van der Waals surface area contributed by atoms with Crippen molar-refractivity contribution < 1.29 is 22.7 Å². The van der Waals surface area contributed by atoms with Gasteiger partial charge in [-0.05, 0) is 19.8 Å². The Morgan fingerprint density at radius 2 is 2.00 bits per heavy atom. The standard InChI is InChI=1S/C12H21F3N2O2/c1-9(11(18)17-8-12(13,14)15)16-6-7-19-10-4-2-3-5-10/h9-10,16H,2-8H2,1H3,(H,17,18). The lowest BCUT2D eigenvalue weighted by molar-refractivity contribution is -0.139. The number of carbonyl (C=O) groups excluding carboxylic acids is 1. The average molecular weight is 282 g/mol. The molecule has 0 aromatic rings. The van der Waals surface area contributed by atoms with Crippen LogP contribution < -0.4 is 10.6 Å². The number of nitrogens with one attached hydrogen (secondary N) is 2. The van der Waals surface area contributed by atoms with E-state index in [-0.39, 0.29) is 0 Å². The largest absolute Gasteiger partial charge is 0.405 e. The highest BCUT2D eigenvalue weighted by molar-refractivity contribution is 5.81. The molecule has 0 heterocycles. The lowest BCUT2D eigenvalue weighted by Gasteiger charge is -2.16. The summed E-state index contributed by atoms with van der Waals surface area (Å²) in [5.41, 5.74) is 0. The highest BCUT2D eigenvalue weighted by Gasteiger charge is 2.28. The molecule has 2 N–H and O–H groups in total. The Hall–Kier alpha value is -0.820. The van der Waals surface area contributed by atoms with Crippen LogP contribution in [-0.2, 0) is 9.53 Å². The Morgan fingerprint density at radius 1 is 1.37 bits per heavy atom. The van der Waals surface area contributed by atoms with Gasteiger partial charge in [0, 0.05) is 6.54 Å². The molecule has 0 spiro atoms. The first-order chi connectivity index (χ1) is 8.88. The minimum Gasteiger partial charge on any atom is -0.377 e. The normalized spacial score (nSPS) is 18.5. The number of halogens is 3. The molecular formula is C12H21F3N2O2. The van der Waals surface area contributed by atoms with Crippen molar-refractivity contribution in [2.75, 3.05) is 19.7 Å². The molecule has 1 amide bonds. The van der Waals surface area contributed by atoms with Gasteiger partial charge in [-0.15, -0.1) is 0 Å². The second-order valence-corrected chi connectivity index (χ2v) is 4.79. The molecule has 112 valence electrons. The Labute approximate surface area is 111 Å². The van der Waals surface area contributed by atoms with Gasteiger partial charge in [-0.25, -0.2) is 0 Å². The molecule has 1 saturated carbocycles. The van der Waals surface area contributed by atoms with Gasteiger partial charge < -0.3 is 15.4 Å². The van der Waals surface area contributed by atoms with Gasteiger partial charge in [0.05, 0.1) is 18.8 Å². The molecule has 0 radical (unpaired) electrons. The molecule has 7 heteroatoms. The number of hydrogen-bond donors (Lipinski definition) is 2. The van der Waals surface area contributed by atoms with Crippen LogP contribution in [-0.4, -0.2) is 43.9 Å². The maximum atomic E-state index is 11.9. The molecular weight excluding hydrogens is 261 g/mol. The summed E-state index contributed by atoms with van der Waals surface area (Å²) in [5.74, 6) is -0.654. The van der Waals surface area contributed by atoms with Gasteiger partial charge in [0.25, 0.3) is 0 Å². The number of amides is 1. The fourth-order valence-electron chi connectivity index (χ4n) is 1.99. The quantitative estimate of drug-likeness (QED) is 0.697. The van der Waals surface area contributed by atoms with E-state index in [0.717, 1.165) is 12.8 Å². The molecule has 1 rings (SSSR count). The lowest BCUT2D eigenvalue weighted by Crippen LogP contribution is -2.46. The summed E-state index contributed by atoms with van der Waals surface area (Å²) in [5, 5.41) is 4.68. The van der Waals surface area contributed by atoms with Crippen LogP contribution in [0.5, 0.6) is 0 Å². The summed E-state index contributed by atoms with van der Waals surface area (Å²) in [6, 6.07) is -0.658. The topological polar surface area (TPSA) is 50.4 Å². The summed E-state index contributed by atoms with van der Waals surface area (Å²) in [4.78, 5) is 11.3. The molecule has 0 aromatic carbocycles. The van der Waals surface area contributed by atoms with Gasteiger partial charge in [0.15, 0.2) is 0 Å². The third-order valence-corrected chi connectivity index (χ3v) is 3.06. The third kappa shape index (κ3) is 7.37. The van der Waals surface area contributed by atoms with Gasteiger partial charge >= 0.3 is 6.18 Å². The molecule has 0 aliphatic heterocycles. The van der Waals surface area contributed by atoms with Crippen molar-refractivity contribution in [3.8, 4) is 0 Å². The second kappa shape index (κ2) is 7.69. The molecule has 1 aliphatic carbocycles. The Morgan fingerprint density at radius 3 is 2.58 bits per heavy atom. The van der Waals surface area contributed by atoms with Gasteiger partial charge in [-0.2, -0.15) is 13.2 Å². The van der Waals surface area contributed by atoms with E-state index in [1.807, 2.05) is 5.32 Å². The molecule has 4 nitrogen and oxygen atoms in total. The number of alkyl halides is 3. The van der Waals surface area contributed by atoms with Gasteiger partial charge in [0.2, 0.25) is 5.91 Å². The van der Waals surface area contributed by atoms with E-state index in [1.54, 1.807) is 0 Å². The van der Waals surface area contributed by atoms with Crippen molar-refractivity contribution in [2.45, 2.75) is 50.9 Å². The van der Waals surface area contributed by atoms with E-state index in [0.29, 0.717) is 19.3 Å². The smallest absolute Gasteiger partial charge is 0.377 e. The third-order valence-electron chi connectivity index (χ3n) is 3.06. The first-order valence-electron chi connectivity index (χ1n) is 6.58. The second-order valence-electron chi connectivity index (χ2n) is 4.79. The predicted molar refractivity (Wildman–Crippen MR) is 64.7 cm³/mol. The van der Waals surface area contributed by atoms with Crippen LogP contribution in [0.15, 0.2) is 0 Å². The molecule has 1 aliphatic rings. The zero-order chi connectivity index (χ0) is 14.3. The number of rotatable bonds is 7. The molecule has 0 saturated heterocycles. The van der Waals surface area contributed by atoms with Crippen LogP contribution in [0.3, 0.4) is 0 Å². The highest BCUT2D eigenvalue weighted by atomic mass is 19.4. The molecule has 1 unspecified atom stereocenters. The van der Waals surface area contributed by atoms with Gasteiger partial charge in [-0.1, -0.05) is 12.8 Å². The van der Waals surface area contributed by atoms with E-state index in [4.69, 9.17) is 4.74 Å². The van der Waals surface area contributed by atoms with Crippen molar-refractivity contribution >= 4 is 5.91 Å². The van der Waals surface area contributed by atoms with Crippen LogP contribution in [0.2, 0.25) is 0 Å². The van der Waals surface area contributed by atoms with Gasteiger partial charge in [-0.3, -0.25) is 4.79 Å². The monoisotopic (exact) mass is 282 g/mol. The minimum atomic E-state index is -4.37. The number of ether oxygens (including phenoxy) is 1. The molecule has 19 heavy (non-hydrogen) atoms. The minimum absolute atomic E-state index is 0.302. The van der Waals surface area contributed by atoms with Crippen LogP contribution in [0.1, 0.15) is 32.6 Å². The van der Waals surface area contributed by atoms with Crippen molar-refractivity contribution in [1.82, 2.24) is 10.6 Å². The first-order valence-corrected chi connectivity index (χ1v) is 6.58. The van der Waals surface area contributed by atoms with Crippen LogP contribution in [0, 0.1) is 0 Å². The Kier molecular flexibility index (Phi) is 6.57. The highest BCUT2D eigenvalue weighted by Crippen LogP contribution is 2.20. The fourth-order valence-corrected chi connectivity index (χ4v) is 1.99. The summed E-state index contributed by atoms with van der Waals surface area (Å²) in [7, 11) is 0. The van der Waals surface area contributed by atoms with E-state index in [2.05, 4.69) is 5.32 Å². The lowest BCUT2D eigenvalue weighted by atomic mass is 10.3. The molecule has 0 aromatic heterocycles. The van der Waals surface area contributed by atoms with E-state index >= 15 is 0 Å². The summed E-state index contributed by atoms with van der Waals surface area (Å²) >= 11 is 0.